The molecule has 0 bridgehead atoms. The first-order valence-corrected chi connectivity index (χ1v) is 8.03. The highest BCUT2D eigenvalue weighted by Crippen LogP contribution is 2.36. The highest BCUT2D eigenvalue weighted by atomic mass is 32.1. The van der Waals surface area contributed by atoms with Crippen molar-refractivity contribution in [2.45, 2.75) is 33.7 Å². The number of nitrogens with one attached hydrogen (secondary N) is 1. The van der Waals surface area contributed by atoms with Gasteiger partial charge >= 0.3 is 5.97 Å². The molecule has 0 fully saturated rings. The van der Waals surface area contributed by atoms with E-state index < -0.39 is 0 Å². The van der Waals surface area contributed by atoms with Crippen LogP contribution in [0.15, 0.2) is 29.6 Å². The smallest absolute Gasteiger partial charge is 0.341 e. The highest BCUT2D eigenvalue weighted by Gasteiger charge is 2.21. The molecule has 1 aromatic heterocycles. The Kier molecular flexibility index (Phi) is 5.02. The van der Waals surface area contributed by atoms with E-state index in [2.05, 4.69) is 38.2 Å². The van der Waals surface area contributed by atoms with Crippen LogP contribution in [-0.4, -0.2) is 18.6 Å². The van der Waals surface area contributed by atoms with Gasteiger partial charge in [0, 0.05) is 17.0 Å². The minimum absolute atomic E-state index is 0.266. The molecule has 0 amide bonds. The zero-order valence-corrected chi connectivity index (χ0v) is 13.7. The van der Waals surface area contributed by atoms with Gasteiger partial charge in [0.05, 0.1) is 6.61 Å². The van der Waals surface area contributed by atoms with Crippen LogP contribution in [0.5, 0.6) is 0 Å². The number of ether oxygens (including phenoxy) is 1. The van der Waals surface area contributed by atoms with Crippen molar-refractivity contribution >= 4 is 22.3 Å². The molecular weight excluding hydrogens is 282 g/mol. The van der Waals surface area contributed by atoms with Crippen molar-refractivity contribution in [3.63, 3.8) is 0 Å². The van der Waals surface area contributed by atoms with Gasteiger partial charge in [0.25, 0.3) is 0 Å². The summed E-state index contributed by atoms with van der Waals surface area (Å²) in [5.41, 5.74) is 3.81. The van der Waals surface area contributed by atoms with E-state index in [0.717, 1.165) is 16.1 Å². The van der Waals surface area contributed by atoms with Crippen molar-refractivity contribution < 1.29 is 9.53 Å². The average molecular weight is 303 g/mol. The first kappa shape index (κ1) is 15.6. The van der Waals surface area contributed by atoms with Crippen LogP contribution in [0.3, 0.4) is 0 Å². The Morgan fingerprint density at radius 1 is 1.29 bits per heavy atom. The Hall–Kier alpha value is -1.81. The Balaban J connectivity index is 2.47. The quantitative estimate of drug-likeness (QED) is 0.812. The summed E-state index contributed by atoms with van der Waals surface area (Å²) in [7, 11) is 0. The molecule has 0 atom stereocenters. The number of anilines is 1. The molecule has 1 N–H and O–H groups in total. The van der Waals surface area contributed by atoms with Crippen LogP contribution in [-0.2, 0) is 4.74 Å². The number of hydrogen-bond acceptors (Lipinski definition) is 4. The molecule has 0 aliphatic rings. The van der Waals surface area contributed by atoms with Crippen LogP contribution in [0.25, 0.3) is 11.1 Å². The number of aryl methyl sites for hydroxylation is 1. The maximum Gasteiger partial charge on any atom is 0.341 e. The van der Waals surface area contributed by atoms with Crippen molar-refractivity contribution in [3.8, 4) is 11.1 Å². The molecule has 112 valence electrons. The first-order chi connectivity index (χ1) is 10.0. The molecule has 4 heteroatoms. The van der Waals surface area contributed by atoms with Crippen LogP contribution in [0.1, 0.15) is 36.7 Å². The maximum absolute atomic E-state index is 12.3. The van der Waals surface area contributed by atoms with Crippen molar-refractivity contribution in [3.05, 3.63) is 40.8 Å². The maximum atomic E-state index is 12.3. The lowest BCUT2D eigenvalue weighted by Gasteiger charge is -2.11. The van der Waals surface area contributed by atoms with Gasteiger partial charge in [-0.25, -0.2) is 4.79 Å². The minimum Gasteiger partial charge on any atom is -0.462 e. The summed E-state index contributed by atoms with van der Waals surface area (Å²) in [6, 6.07) is 8.45. The monoisotopic (exact) mass is 303 g/mol. The van der Waals surface area contributed by atoms with Gasteiger partial charge in [0.15, 0.2) is 0 Å². The molecule has 0 unspecified atom stereocenters. The van der Waals surface area contributed by atoms with Gasteiger partial charge in [-0.1, -0.05) is 29.8 Å². The summed E-state index contributed by atoms with van der Waals surface area (Å²) in [5.74, 6) is -0.266. The van der Waals surface area contributed by atoms with Crippen molar-refractivity contribution in [1.82, 2.24) is 0 Å². The summed E-state index contributed by atoms with van der Waals surface area (Å²) in [4.78, 5) is 12.3. The molecular formula is C17H21NO2S. The Labute approximate surface area is 130 Å². The van der Waals surface area contributed by atoms with E-state index in [9.17, 15) is 4.79 Å². The number of esters is 1. The molecule has 0 spiro atoms. The number of thiophene rings is 1. The summed E-state index contributed by atoms with van der Waals surface area (Å²) < 4.78 is 5.22. The van der Waals surface area contributed by atoms with E-state index in [1.165, 1.54) is 5.56 Å². The molecule has 0 aliphatic carbocycles. The second-order valence-corrected chi connectivity index (χ2v) is 6.12. The molecule has 2 aromatic rings. The molecule has 0 aliphatic heterocycles. The van der Waals surface area contributed by atoms with Gasteiger partial charge in [-0.15, -0.1) is 11.3 Å². The van der Waals surface area contributed by atoms with Crippen LogP contribution in [0, 0.1) is 6.92 Å². The summed E-state index contributed by atoms with van der Waals surface area (Å²) >= 11 is 1.55. The highest BCUT2D eigenvalue weighted by molar-refractivity contribution is 7.15. The first-order valence-electron chi connectivity index (χ1n) is 7.15. The van der Waals surface area contributed by atoms with E-state index in [4.69, 9.17) is 4.74 Å². The molecule has 21 heavy (non-hydrogen) atoms. The third-order valence-electron chi connectivity index (χ3n) is 3.05. The van der Waals surface area contributed by atoms with E-state index in [1.807, 2.05) is 24.4 Å². The molecule has 1 heterocycles. The second kappa shape index (κ2) is 6.76. The third kappa shape index (κ3) is 3.64. The Bertz CT molecular complexity index is 614. The SMILES string of the molecule is CCOC(=O)c1c(-c2ccc(C)cc2)csc1NC(C)C. The fourth-order valence-corrected chi connectivity index (χ4v) is 3.18. The number of benzene rings is 1. The Morgan fingerprint density at radius 3 is 2.52 bits per heavy atom. The lowest BCUT2D eigenvalue weighted by atomic mass is 10.0. The zero-order valence-electron chi connectivity index (χ0n) is 12.9. The summed E-state index contributed by atoms with van der Waals surface area (Å²) in [6.45, 7) is 8.37. The van der Waals surface area contributed by atoms with Crippen LogP contribution in [0.4, 0.5) is 5.00 Å². The molecule has 3 nitrogen and oxygen atoms in total. The van der Waals surface area contributed by atoms with E-state index in [0.29, 0.717) is 12.2 Å². The lowest BCUT2D eigenvalue weighted by molar-refractivity contribution is 0.0529. The van der Waals surface area contributed by atoms with Gasteiger partial charge in [-0.2, -0.15) is 0 Å². The molecule has 0 saturated carbocycles. The topological polar surface area (TPSA) is 38.3 Å². The molecule has 1 aromatic carbocycles. The van der Waals surface area contributed by atoms with E-state index >= 15 is 0 Å². The molecule has 0 saturated heterocycles. The van der Waals surface area contributed by atoms with Gasteiger partial charge in [0.1, 0.15) is 10.6 Å². The van der Waals surface area contributed by atoms with E-state index in [-0.39, 0.29) is 12.0 Å². The fourth-order valence-electron chi connectivity index (χ4n) is 2.08. The van der Waals surface area contributed by atoms with Crippen molar-refractivity contribution in [1.29, 1.82) is 0 Å². The van der Waals surface area contributed by atoms with Crippen LogP contribution in [0.2, 0.25) is 0 Å². The van der Waals surface area contributed by atoms with Gasteiger partial charge in [-0.3, -0.25) is 0 Å². The predicted molar refractivity (Wildman–Crippen MR) is 89.2 cm³/mol. The summed E-state index contributed by atoms with van der Waals surface area (Å²) in [5, 5.41) is 6.22. The van der Waals surface area contributed by atoms with Gasteiger partial charge in [0.2, 0.25) is 0 Å². The average Bonchev–Trinajstić information content (AvgIpc) is 2.82. The number of rotatable bonds is 5. The number of hydrogen-bond donors (Lipinski definition) is 1. The number of carbonyl (C=O) groups is 1. The third-order valence-corrected chi connectivity index (χ3v) is 3.96. The van der Waals surface area contributed by atoms with Crippen LogP contribution < -0.4 is 5.32 Å². The van der Waals surface area contributed by atoms with Crippen molar-refractivity contribution in [2.24, 2.45) is 0 Å². The van der Waals surface area contributed by atoms with E-state index in [1.54, 1.807) is 11.3 Å². The lowest BCUT2D eigenvalue weighted by Crippen LogP contribution is -2.13. The predicted octanol–water partition coefficient (Wildman–Crippen LogP) is 4.72. The largest absolute Gasteiger partial charge is 0.462 e. The number of carbonyl (C=O) groups excluding carboxylic acids is 1. The standard InChI is InChI=1S/C17H21NO2S/c1-5-20-17(19)15-14(10-21-16(15)18-11(2)3)13-8-6-12(4)7-9-13/h6-11,18H,5H2,1-4H3. The fraction of sp³-hybridized carbons (Fsp3) is 0.353. The van der Waals surface area contributed by atoms with Gasteiger partial charge in [-0.05, 0) is 33.3 Å². The Morgan fingerprint density at radius 2 is 1.95 bits per heavy atom. The molecule has 0 radical (unpaired) electrons. The van der Waals surface area contributed by atoms with Crippen LogP contribution >= 0.6 is 11.3 Å². The normalized spacial score (nSPS) is 10.7. The zero-order chi connectivity index (χ0) is 15.4. The molecule has 2 rings (SSSR count). The summed E-state index contributed by atoms with van der Waals surface area (Å²) in [6.07, 6.45) is 0. The second-order valence-electron chi connectivity index (χ2n) is 5.24. The van der Waals surface area contributed by atoms with Gasteiger partial charge < -0.3 is 10.1 Å². The minimum atomic E-state index is -0.266. The van der Waals surface area contributed by atoms with Crippen molar-refractivity contribution in [2.75, 3.05) is 11.9 Å².